The van der Waals surface area contributed by atoms with Crippen LogP contribution in [0.15, 0.2) is 6.20 Å². The molecule has 2 saturated heterocycles. The number of amides is 3. The number of imide groups is 1. The van der Waals surface area contributed by atoms with Crippen LogP contribution in [0.3, 0.4) is 0 Å². The van der Waals surface area contributed by atoms with Crippen molar-refractivity contribution in [1.29, 1.82) is 0 Å². The van der Waals surface area contributed by atoms with Crippen LogP contribution in [0.4, 0.5) is 0 Å². The van der Waals surface area contributed by atoms with E-state index in [4.69, 9.17) is 0 Å². The summed E-state index contributed by atoms with van der Waals surface area (Å²) in [5, 5.41) is 9.50. The monoisotopic (exact) mass is 330 g/mol. The molecule has 4 rings (SSSR count). The molecule has 0 radical (unpaired) electrons. The largest absolute Gasteiger partial charge is 0.337 e. The van der Waals surface area contributed by atoms with Crippen LogP contribution in [-0.2, 0) is 9.59 Å². The molecule has 3 amide bonds. The molecule has 0 unspecified atom stereocenters. The second kappa shape index (κ2) is 5.72. The lowest BCUT2D eigenvalue weighted by Crippen LogP contribution is -2.37. The molecule has 7 heteroatoms. The quantitative estimate of drug-likeness (QED) is 0.800. The molecule has 128 valence electrons. The van der Waals surface area contributed by atoms with Crippen molar-refractivity contribution >= 4 is 17.7 Å². The molecule has 1 atom stereocenters. The molecular formula is C17H22N4O3. The summed E-state index contributed by atoms with van der Waals surface area (Å²) in [5.74, 6) is -0.176. The number of carbonyl (C=O) groups excluding carboxylic acids is 3. The Morgan fingerprint density at radius 1 is 1.25 bits per heavy atom. The lowest BCUT2D eigenvalue weighted by Gasteiger charge is -2.23. The van der Waals surface area contributed by atoms with Gasteiger partial charge in [-0.25, -0.2) is 0 Å². The van der Waals surface area contributed by atoms with Crippen LogP contribution in [0.5, 0.6) is 0 Å². The molecule has 2 N–H and O–H groups in total. The van der Waals surface area contributed by atoms with Gasteiger partial charge in [-0.1, -0.05) is 19.3 Å². The van der Waals surface area contributed by atoms with E-state index in [0.29, 0.717) is 31.0 Å². The van der Waals surface area contributed by atoms with Gasteiger partial charge in [-0.3, -0.25) is 24.8 Å². The Morgan fingerprint density at radius 3 is 2.75 bits per heavy atom. The molecule has 3 heterocycles. The molecule has 1 aromatic heterocycles. The summed E-state index contributed by atoms with van der Waals surface area (Å²) in [6.07, 6.45) is 8.15. The summed E-state index contributed by atoms with van der Waals surface area (Å²) in [6.45, 7) is 0.827. The summed E-state index contributed by atoms with van der Waals surface area (Å²) in [6, 6.07) is 0. The predicted octanol–water partition coefficient (Wildman–Crippen LogP) is 1.34. The Kier molecular flexibility index (Phi) is 3.66. The van der Waals surface area contributed by atoms with Crippen LogP contribution >= 0.6 is 0 Å². The summed E-state index contributed by atoms with van der Waals surface area (Å²) >= 11 is 0. The zero-order chi connectivity index (χ0) is 16.7. The molecule has 0 aromatic carbocycles. The van der Waals surface area contributed by atoms with Gasteiger partial charge in [-0.2, -0.15) is 5.10 Å². The second-order valence-corrected chi connectivity index (χ2v) is 7.34. The number of nitrogens with one attached hydrogen (secondary N) is 2. The van der Waals surface area contributed by atoms with Gasteiger partial charge in [-0.05, 0) is 19.3 Å². The first-order chi connectivity index (χ1) is 11.6. The number of carbonyl (C=O) groups is 3. The van der Waals surface area contributed by atoms with Gasteiger partial charge in [-0.15, -0.1) is 0 Å². The summed E-state index contributed by atoms with van der Waals surface area (Å²) < 4.78 is 0. The third-order valence-electron chi connectivity index (χ3n) is 5.79. The first-order valence-electron chi connectivity index (χ1n) is 8.76. The minimum absolute atomic E-state index is 0.0756. The number of likely N-dealkylation sites (tertiary alicyclic amines) is 1. The van der Waals surface area contributed by atoms with Crippen molar-refractivity contribution in [2.24, 2.45) is 5.41 Å². The van der Waals surface area contributed by atoms with E-state index in [2.05, 4.69) is 15.5 Å². The topological polar surface area (TPSA) is 95.2 Å². The average molecular weight is 330 g/mol. The van der Waals surface area contributed by atoms with E-state index in [0.717, 1.165) is 18.5 Å². The number of hydrogen-bond acceptors (Lipinski definition) is 4. The van der Waals surface area contributed by atoms with Gasteiger partial charge in [0.05, 0.1) is 22.9 Å². The molecule has 1 aromatic rings. The van der Waals surface area contributed by atoms with Crippen molar-refractivity contribution < 1.29 is 14.4 Å². The highest BCUT2D eigenvalue weighted by Crippen LogP contribution is 2.39. The molecular weight excluding hydrogens is 308 g/mol. The van der Waals surface area contributed by atoms with E-state index in [1.807, 2.05) is 0 Å². The van der Waals surface area contributed by atoms with Gasteiger partial charge in [0.15, 0.2) is 0 Å². The van der Waals surface area contributed by atoms with E-state index < -0.39 is 5.41 Å². The summed E-state index contributed by atoms with van der Waals surface area (Å²) in [5.41, 5.74) is 0.845. The highest BCUT2D eigenvalue weighted by molar-refractivity contribution is 6.07. The van der Waals surface area contributed by atoms with Crippen LogP contribution in [0.2, 0.25) is 0 Å². The molecule has 0 bridgehead atoms. The van der Waals surface area contributed by atoms with Crippen LogP contribution in [0.25, 0.3) is 0 Å². The standard InChI is InChI=1S/C17H22N4O3/c22-13-8-17(16(24)19-13)6-7-21(10-17)15(23)12-9-18-20-14(12)11-4-2-1-3-5-11/h9,11H,1-8,10H2,(H,18,20)(H,19,22,24)/t17-/m1/s1. The fourth-order valence-corrected chi connectivity index (χ4v) is 4.41. The van der Waals surface area contributed by atoms with Gasteiger partial charge >= 0.3 is 0 Å². The third kappa shape index (κ3) is 2.42. The van der Waals surface area contributed by atoms with Crippen LogP contribution in [-0.4, -0.2) is 45.9 Å². The number of rotatable bonds is 2. The number of hydrogen-bond donors (Lipinski definition) is 2. The number of aromatic nitrogens is 2. The minimum atomic E-state index is -0.721. The van der Waals surface area contributed by atoms with Gasteiger partial charge in [0.2, 0.25) is 11.8 Å². The number of H-pyrrole nitrogens is 1. The molecule has 3 aliphatic rings. The summed E-state index contributed by atoms with van der Waals surface area (Å²) in [4.78, 5) is 38.3. The maximum absolute atomic E-state index is 12.9. The molecule has 3 fully saturated rings. The second-order valence-electron chi connectivity index (χ2n) is 7.34. The van der Waals surface area contributed by atoms with Crippen LogP contribution in [0, 0.1) is 5.41 Å². The van der Waals surface area contributed by atoms with E-state index in [1.165, 1.54) is 19.3 Å². The van der Waals surface area contributed by atoms with Gasteiger partial charge in [0.25, 0.3) is 5.91 Å². The lowest BCUT2D eigenvalue weighted by molar-refractivity contribution is -0.128. The van der Waals surface area contributed by atoms with Gasteiger partial charge < -0.3 is 4.90 Å². The van der Waals surface area contributed by atoms with Gasteiger partial charge in [0.1, 0.15) is 0 Å². The Morgan fingerprint density at radius 2 is 2.04 bits per heavy atom. The van der Waals surface area contributed by atoms with Crippen molar-refractivity contribution in [1.82, 2.24) is 20.4 Å². The fraction of sp³-hybridized carbons (Fsp3) is 0.647. The minimum Gasteiger partial charge on any atom is -0.337 e. The van der Waals surface area contributed by atoms with Crippen molar-refractivity contribution in [2.45, 2.75) is 50.9 Å². The fourth-order valence-electron chi connectivity index (χ4n) is 4.41. The molecule has 24 heavy (non-hydrogen) atoms. The average Bonchev–Trinajstić information content (AvgIpc) is 3.28. The molecule has 1 saturated carbocycles. The Hall–Kier alpha value is -2.18. The first-order valence-corrected chi connectivity index (χ1v) is 8.76. The molecule has 2 aliphatic heterocycles. The van der Waals surface area contributed by atoms with E-state index in [9.17, 15) is 14.4 Å². The zero-order valence-corrected chi connectivity index (χ0v) is 13.6. The zero-order valence-electron chi connectivity index (χ0n) is 13.6. The van der Waals surface area contributed by atoms with Crippen molar-refractivity contribution in [3.8, 4) is 0 Å². The molecule has 1 spiro atoms. The highest BCUT2D eigenvalue weighted by Gasteiger charge is 2.52. The number of aromatic amines is 1. The highest BCUT2D eigenvalue weighted by atomic mass is 16.2. The molecule has 7 nitrogen and oxygen atoms in total. The first kappa shape index (κ1) is 15.4. The van der Waals surface area contributed by atoms with Crippen molar-refractivity contribution in [3.63, 3.8) is 0 Å². The predicted molar refractivity (Wildman–Crippen MR) is 85.1 cm³/mol. The Bertz CT molecular complexity index is 692. The maximum atomic E-state index is 12.9. The Labute approximate surface area is 140 Å². The smallest absolute Gasteiger partial charge is 0.257 e. The van der Waals surface area contributed by atoms with Crippen LogP contribution < -0.4 is 5.32 Å². The Balaban J connectivity index is 1.52. The van der Waals surface area contributed by atoms with E-state index in [-0.39, 0.29) is 24.1 Å². The maximum Gasteiger partial charge on any atom is 0.257 e. The van der Waals surface area contributed by atoms with E-state index in [1.54, 1.807) is 11.1 Å². The lowest BCUT2D eigenvalue weighted by atomic mass is 9.85. The van der Waals surface area contributed by atoms with Gasteiger partial charge in [0, 0.05) is 25.4 Å². The van der Waals surface area contributed by atoms with Crippen molar-refractivity contribution in [2.75, 3.05) is 13.1 Å². The SMILES string of the molecule is O=C1C[C@@]2(CCN(C(=O)c3cn[nH]c3C3CCCCC3)C2)C(=O)N1. The molecule has 1 aliphatic carbocycles. The normalized spacial score (nSPS) is 27.9. The summed E-state index contributed by atoms with van der Waals surface area (Å²) in [7, 11) is 0. The van der Waals surface area contributed by atoms with Crippen LogP contribution in [0.1, 0.15) is 66.9 Å². The number of nitrogens with zero attached hydrogens (tertiary/aromatic N) is 2. The van der Waals surface area contributed by atoms with Crippen molar-refractivity contribution in [3.05, 3.63) is 17.5 Å². The third-order valence-corrected chi connectivity index (χ3v) is 5.79. The van der Waals surface area contributed by atoms with E-state index >= 15 is 0 Å².